The summed E-state index contributed by atoms with van der Waals surface area (Å²) >= 11 is 5.27. The number of para-hydroxylation sites is 2. The quantitative estimate of drug-likeness (QED) is 0.674. The predicted molar refractivity (Wildman–Crippen MR) is 98.9 cm³/mol. The van der Waals surface area contributed by atoms with Crippen molar-refractivity contribution in [2.75, 3.05) is 14.2 Å². The van der Waals surface area contributed by atoms with Gasteiger partial charge >= 0.3 is 0 Å². The van der Waals surface area contributed by atoms with Crippen LogP contribution in [-0.4, -0.2) is 29.2 Å². The van der Waals surface area contributed by atoms with Crippen LogP contribution in [0.3, 0.4) is 0 Å². The van der Waals surface area contributed by atoms with Gasteiger partial charge in [-0.15, -0.1) is 0 Å². The Bertz CT molecular complexity index is 843. The second-order valence-corrected chi connectivity index (χ2v) is 5.96. The minimum Gasteiger partial charge on any atom is -0.493 e. The highest BCUT2D eigenvalue weighted by molar-refractivity contribution is 7.80. The molecule has 0 aliphatic heterocycles. The standard InChI is InChI=1S/C18H19N3O2S/c1-22-15-8-7-11(10-16(15)23-2)9-12(17(19)24)18-20-13-5-3-4-6-14(13)21-18/h3-8,10,12H,9H2,1-2H3,(H2,19,24)(H,20,21)/t12-/m1/s1. The summed E-state index contributed by atoms with van der Waals surface area (Å²) < 4.78 is 10.6. The Labute approximate surface area is 145 Å². The second kappa shape index (κ2) is 6.88. The summed E-state index contributed by atoms with van der Waals surface area (Å²) in [5, 5.41) is 0. The Kier molecular flexibility index (Phi) is 4.66. The first-order chi connectivity index (χ1) is 11.6. The summed E-state index contributed by atoms with van der Waals surface area (Å²) in [6.45, 7) is 0. The topological polar surface area (TPSA) is 73.2 Å². The number of nitrogens with two attached hydrogens (primary N) is 1. The molecule has 3 aromatic rings. The van der Waals surface area contributed by atoms with Gasteiger partial charge in [-0.1, -0.05) is 30.4 Å². The van der Waals surface area contributed by atoms with Crippen LogP contribution >= 0.6 is 12.2 Å². The van der Waals surface area contributed by atoms with Crippen molar-refractivity contribution in [2.24, 2.45) is 5.73 Å². The average Bonchev–Trinajstić information content (AvgIpc) is 3.02. The Morgan fingerprint density at radius 2 is 1.92 bits per heavy atom. The number of imidazole rings is 1. The van der Waals surface area contributed by atoms with Crippen LogP contribution in [-0.2, 0) is 6.42 Å². The molecule has 6 heteroatoms. The molecule has 0 saturated heterocycles. The zero-order valence-corrected chi connectivity index (χ0v) is 14.4. The van der Waals surface area contributed by atoms with Gasteiger partial charge in [-0.25, -0.2) is 4.98 Å². The van der Waals surface area contributed by atoms with Crippen molar-refractivity contribution >= 4 is 28.2 Å². The molecule has 124 valence electrons. The van der Waals surface area contributed by atoms with Crippen LogP contribution < -0.4 is 15.2 Å². The number of aromatic nitrogens is 2. The number of rotatable bonds is 6. The third-order valence-electron chi connectivity index (χ3n) is 3.97. The van der Waals surface area contributed by atoms with Gasteiger partial charge in [-0.05, 0) is 36.2 Å². The molecule has 0 unspecified atom stereocenters. The highest BCUT2D eigenvalue weighted by Gasteiger charge is 2.20. The van der Waals surface area contributed by atoms with Gasteiger partial charge in [-0.2, -0.15) is 0 Å². The van der Waals surface area contributed by atoms with Gasteiger partial charge in [0.15, 0.2) is 11.5 Å². The van der Waals surface area contributed by atoms with Crippen molar-refractivity contribution in [3.05, 3.63) is 53.9 Å². The molecule has 0 saturated carbocycles. The summed E-state index contributed by atoms with van der Waals surface area (Å²) in [6, 6.07) is 13.7. The fraction of sp³-hybridized carbons (Fsp3) is 0.222. The number of thiocarbonyl (C=S) groups is 1. The zero-order chi connectivity index (χ0) is 17.1. The van der Waals surface area contributed by atoms with Crippen LogP contribution in [0.1, 0.15) is 17.3 Å². The van der Waals surface area contributed by atoms with Crippen LogP contribution in [0, 0.1) is 0 Å². The van der Waals surface area contributed by atoms with Crippen molar-refractivity contribution in [3.8, 4) is 11.5 Å². The highest BCUT2D eigenvalue weighted by atomic mass is 32.1. The monoisotopic (exact) mass is 341 g/mol. The molecule has 5 nitrogen and oxygen atoms in total. The molecule has 1 aromatic heterocycles. The molecule has 2 aromatic carbocycles. The number of benzene rings is 2. The minimum absolute atomic E-state index is 0.175. The van der Waals surface area contributed by atoms with Gasteiger partial charge in [-0.3, -0.25) is 0 Å². The molecule has 0 radical (unpaired) electrons. The molecule has 3 rings (SSSR count). The van der Waals surface area contributed by atoms with Gasteiger partial charge in [0.2, 0.25) is 0 Å². The average molecular weight is 341 g/mol. The number of aromatic amines is 1. The zero-order valence-electron chi connectivity index (χ0n) is 13.6. The van der Waals surface area contributed by atoms with Gasteiger partial charge in [0.1, 0.15) is 5.82 Å². The van der Waals surface area contributed by atoms with E-state index in [9.17, 15) is 0 Å². The lowest BCUT2D eigenvalue weighted by Crippen LogP contribution is -2.22. The fourth-order valence-corrected chi connectivity index (χ4v) is 2.91. The van der Waals surface area contributed by atoms with Crippen molar-refractivity contribution in [1.29, 1.82) is 0 Å². The summed E-state index contributed by atoms with van der Waals surface area (Å²) in [6.07, 6.45) is 0.634. The van der Waals surface area contributed by atoms with Crippen LogP contribution in [0.4, 0.5) is 0 Å². The maximum Gasteiger partial charge on any atom is 0.160 e. The van der Waals surface area contributed by atoms with E-state index < -0.39 is 0 Å². The fourth-order valence-electron chi connectivity index (χ4n) is 2.71. The first kappa shape index (κ1) is 16.3. The van der Waals surface area contributed by atoms with E-state index in [2.05, 4.69) is 9.97 Å². The van der Waals surface area contributed by atoms with E-state index in [1.807, 2.05) is 42.5 Å². The molecule has 3 N–H and O–H groups in total. The molecule has 0 bridgehead atoms. The first-order valence-electron chi connectivity index (χ1n) is 7.57. The third kappa shape index (κ3) is 3.19. The van der Waals surface area contributed by atoms with Crippen molar-refractivity contribution < 1.29 is 9.47 Å². The van der Waals surface area contributed by atoms with Crippen LogP contribution in [0.2, 0.25) is 0 Å². The highest BCUT2D eigenvalue weighted by Crippen LogP contribution is 2.30. The third-order valence-corrected chi connectivity index (χ3v) is 4.25. The van der Waals surface area contributed by atoms with Gasteiger partial charge in [0.25, 0.3) is 0 Å². The predicted octanol–water partition coefficient (Wildman–Crippen LogP) is 3.19. The molecule has 24 heavy (non-hydrogen) atoms. The summed E-state index contributed by atoms with van der Waals surface area (Å²) in [7, 11) is 3.23. The number of hydrogen-bond acceptors (Lipinski definition) is 4. The van der Waals surface area contributed by atoms with E-state index in [4.69, 9.17) is 27.4 Å². The molecule has 0 spiro atoms. The Morgan fingerprint density at radius 3 is 2.58 bits per heavy atom. The Balaban J connectivity index is 1.93. The molecule has 1 heterocycles. The van der Waals surface area contributed by atoms with E-state index in [1.165, 1.54) is 0 Å². The van der Waals surface area contributed by atoms with Crippen molar-refractivity contribution in [2.45, 2.75) is 12.3 Å². The van der Waals surface area contributed by atoms with Crippen molar-refractivity contribution in [3.63, 3.8) is 0 Å². The number of methoxy groups -OCH3 is 2. The van der Waals surface area contributed by atoms with Gasteiger partial charge in [0, 0.05) is 0 Å². The Hall–Kier alpha value is -2.60. The lowest BCUT2D eigenvalue weighted by Gasteiger charge is -2.15. The second-order valence-electron chi connectivity index (χ2n) is 5.49. The van der Waals surface area contributed by atoms with Crippen LogP contribution in [0.5, 0.6) is 11.5 Å². The summed E-state index contributed by atoms with van der Waals surface area (Å²) in [5.41, 5.74) is 8.90. The Morgan fingerprint density at radius 1 is 1.17 bits per heavy atom. The number of nitrogens with one attached hydrogen (secondary N) is 1. The van der Waals surface area contributed by atoms with E-state index in [1.54, 1.807) is 14.2 Å². The molecule has 0 aliphatic rings. The number of nitrogens with zero attached hydrogens (tertiary/aromatic N) is 1. The molecule has 1 atom stereocenters. The number of H-pyrrole nitrogens is 1. The molecule has 0 fully saturated rings. The van der Waals surface area contributed by atoms with Crippen molar-refractivity contribution in [1.82, 2.24) is 9.97 Å². The molecular formula is C18H19N3O2S. The molecule has 0 aliphatic carbocycles. The minimum atomic E-state index is -0.175. The van der Waals surface area contributed by atoms with Crippen LogP contribution in [0.15, 0.2) is 42.5 Å². The summed E-state index contributed by atoms with van der Waals surface area (Å²) in [4.78, 5) is 8.35. The first-order valence-corrected chi connectivity index (χ1v) is 7.98. The lowest BCUT2D eigenvalue weighted by molar-refractivity contribution is 0.354. The lowest BCUT2D eigenvalue weighted by atomic mass is 9.98. The van der Waals surface area contributed by atoms with E-state index in [0.717, 1.165) is 22.4 Å². The maximum atomic E-state index is 5.98. The normalized spacial score (nSPS) is 12.1. The summed E-state index contributed by atoms with van der Waals surface area (Å²) in [5.74, 6) is 1.97. The number of hydrogen-bond donors (Lipinski definition) is 2. The van der Waals surface area contributed by atoms with Gasteiger partial charge < -0.3 is 20.2 Å². The maximum absolute atomic E-state index is 5.98. The molecular weight excluding hydrogens is 322 g/mol. The van der Waals surface area contributed by atoms with E-state index in [0.29, 0.717) is 22.9 Å². The van der Waals surface area contributed by atoms with E-state index in [-0.39, 0.29) is 5.92 Å². The van der Waals surface area contributed by atoms with Crippen LogP contribution in [0.25, 0.3) is 11.0 Å². The number of ether oxygens (including phenoxy) is 2. The van der Waals surface area contributed by atoms with E-state index >= 15 is 0 Å². The smallest absolute Gasteiger partial charge is 0.160 e. The van der Waals surface area contributed by atoms with Gasteiger partial charge in [0.05, 0.1) is 36.2 Å². The largest absolute Gasteiger partial charge is 0.493 e. The SMILES string of the molecule is COc1ccc(C[C@H](C(N)=S)c2nc3ccccc3[nH]2)cc1OC. The number of fused-ring (bicyclic) bond motifs is 1. The molecule has 0 amide bonds.